The molecule has 0 aliphatic carbocycles. The number of hydrogen-bond donors (Lipinski definition) is 3. The molecule has 3 rings (SSSR count). The van der Waals surface area contributed by atoms with Crippen molar-refractivity contribution in [3.63, 3.8) is 0 Å². The van der Waals surface area contributed by atoms with Crippen molar-refractivity contribution in [2.75, 3.05) is 32.8 Å². The van der Waals surface area contributed by atoms with E-state index >= 15 is 0 Å². The molecule has 1 heterocycles. The number of piperidine rings is 1. The zero-order valence-electron chi connectivity index (χ0n) is 20.5. The molecule has 0 saturated carbocycles. The Balaban J connectivity index is 1.43. The number of aliphatic hydroxyl groups is 1. The normalized spacial score (nSPS) is 15.7. The number of benzene rings is 2. The number of likely N-dealkylation sites (tertiary alicyclic amines) is 1. The van der Waals surface area contributed by atoms with Crippen LogP contribution in [0.3, 0.4) is 0 Å². The van der Waals surface area contributed by atoms with Crippen LogP contribution < -0.4 is 15.4 Å². The number of aliphatic hydroxyl groups excluding tert-OH is 1. The predicted molar refractivity (Wildman–Crippen MR) is 133 cm³/mol. The molecular formula is C26H33F3N4O4. The minimum Gasteiger partial charge on any atom is -0.494 e. The minimum absolute atomic E-state index is 0.0413. The van der Waals surface area contributed by atoms with Gasteiger partial charge in [0, 0.05) is 19.6 Å². The van der Waals surface area contributed by atoms with Gasteiger partial charge in [-0.05, 0) is 67.7 Å². The molecule has 1 aliphatic rings. The number of hydrogen-bond acceptors (Lipinski definition) is 7. The summed E-state index contributed by atoms with van der Waals surface area (Å²) in [5.41, 5.74) is 0.371. The number of nitrogens with zero attached hydrogens (tertiary/aromatic N) is 2. The lowest BCUT2D eigenvalue weighted by Crippen LogP contribution is -2.31. The molecule has 0 aromatic heterocycles. The van der Waals surface area contributed by atoms with Gasteiger partial charge in [0.05, 0.1) is 23.2 Å². The quantitative estimate of drug-likeness (QED) is 0.203. The second kappa shape index (κ2) is 13.8. The van der Waals surface area contributed by atoms with E-state index in [9.17, 15) is 28.4 Å². The lowest BCUT2D eigenvalue weighted by Gasteiger charge is -2.26. The third-order valence-electron chi connectivity index (χ3n) is 5.98. The summed E-state index contributed by atoms with van der Waals surface area (Å²) in [7, 11) is 0. The number of halogens is 3. The third kappa shape index (κ3) is 9.93. The van der Waals surface area contributed by atoms with Gasteiger partial charge in [-0.25, -0.2) is 0 Å². The Labute approximate surface area is 214 Å². The van der Waals surface area contributed by atoms with Crippen LogP contribution in [-0.4, -0.2) is 47.7 Å². The first-order valence-electron chi connectivity index (χ1n) is 12.3. The Hall–Kier alpha value is -3.31. The minimum atomic E-state index is -4.53. The Kier molecular flexibility index (Phi) is 10.6. The van der Waals surface area contributed by atoms with E-state index in [1.54, 1.807) is 0 Å². The average Bonchev–Trinajstić information content (AvgIpc) is 2.87. The Bertz CT molecular complexity index is 1040. The first-order chi connectivity index (χ1) is 17.7. The smallest absolute Gasteiger partial charge is 0.416 e. The van der Waals surface area contributed by atoms with Crippen molar-refractivity contribution in [1.82, 2.24) is 15.5 Å². The molecule has 8 nitrogen and oxygen atoms in total. The molecule has 0 spiro atoms. The van der Waals surface area contributed by atoms with E-state index < -0.39 is 22.8 Å². The van der Waals surface area contributed by atoms with Crippen LogP contribution in [0.2, 0.25) is 0 Å². The van der Waals surface area contributed by atoms with E-state index in [0.717, 1.165) is 37.5 Å². The molecule has 37 heavy (non-hydrogen) atoms. The number of ether oxygens (including phenoxy) is 1. The lowest BCUT2D eigenvalue weighted by molar-refractivity contribution is -0.404. The summed E-state index contributed by atoms with van der Waals surface area (Å²) in [4.78, 5) is 12.7. The molecule has 2 aromatic carbocycles. The summed E-state index contributed by atoms with van der Waals surface area (Å²) in [6, 6.07) is 12.3. The van der Waals surface area contributed by atoms with Crippen LogP contribution in [0.15, 0.2) is 60.6 Å². The summed E-state index contributed by atoms with van der Waals surface area (Å²) < 4.78 is 44.6. The third-order valence-corrected chi connectivity index (χ3v) is 5.98. The number of nitrogens with one attached hydrogen (secondary N) is 2. The molecule has 1 atom stereocenters. The number of alkyl halides is 3. The monoisotopic (exact) mass is 522 g/mol. The number of rotatable bonds is 13. The van der Waals surface area contributed by atoms with Crippen molar-refractivity contribution in [1.29, 1.82) is 0 Å². The first kappa shape index (κ1) is 28.3. The zero-order chi connectivity index (χ0) is 26.7. The SMILES string of the molecule is O=[N+]([O-])C=C(NCCCOc1cccc(CN2CCCCC2)c1)NCC(O)c1cccc(C(F)(F)F)c1. The van der Waals surface area contributed by atoms with Crippen LogP contribution in [-0.2, 0) is 12.7 Å². The molecule has 1 saturated heterocycles. The second-order valence-corrected chi connectivity index (χ2v) is 8.96. The second-order valence-electron chi connectivity index (χ2n) is 8.96. The van der Waals surface area contributed by atoms with Crippen LogP contribution in [0.5, 0.6) is 5.75 Å². The molecule has 3 N–H and O–H groups in total. The fourth-order valence-corrected chi connectivity index (χ4v) is 4.10. The van der Waals surface area contributed by atoms with Crippen molar-refractivity contribution in [2.24, 2.45) is 0 Å². The van der Waals surface area contributed by atoms with Gasteiger partial charge in [0.1, 0.15) is 5.75 Å². The van der Waals surface area contributed by atoms with E-state index in [2.05, 4.69) is 21.6 Å². The highest BCUT2D eigenvalue weighted by Crippen LogP contribution is 2.30. The van der Waals surface area contributed by atoms with E-state index in [-0.39, 0.29) is 17.9 Å². The maximum atomic E-state index is 12.9. The average molecular weight is 523 g/mol. The lowest BCUT2D eigenvalue weighted by atomic mass is 10.1. The van der Waals surface area contributed by atoms with Gasteiger partial charge in [-0.3, -0.25) is 15.0 Å². The van der Waals surface area contributed by atoms with Gasteiger partial charge < -0.3 is 20.5 Å². The van der Waals surface area contributed by atoms with Crippen LogP contribution >= 0.6 is 0 Å². The standard InChI is InChI=1S/C26H33F3N4O4/c27-26(28,29)22-9-5-8-21(16-22)24(34)17-31-25(19-33(35)36)30-11-6-14-37-23-10-4-7-20(15-23)18-32-12-2-1-3-13-32/h4-5,7-10,15-16,19,24,30-31,34H,1-3,6,11-14,17-18H2. The largest absolute Gasteiger partial charge is 0.494 e. The van der Waals surface area contributed by atoms with Gasteiger partial charge in [-0.2, -0.15) is 13.2 Å². The fourth-order valence-electron chi connectivity index (χ4n) is 4.10. The van der Waals surface area contributed by atoms with Crippen LogP contribution in [0, 0.1) is 10.1 Å². The zero-order valence-corrected chi connectivity index (χ0v) is 20.5. The highest BCUT2D eigenvalue weighted by atomic mass is 19.4. The van der Waals surface area contributed by atoms with Crippen LogP contribution in [0.25, 0.3) is 0 Å². The van der Waals surface area contributed by atoms with Crippen molar-refractivity contribution < 1.29 is 27.9 Å². The van der Waals surface area contributed by atoms with Gasteiger partial charge in [-0.15, -0.1) is 0 Å². The Morgan fingerprint density at radius 1 is 1.14 bits per heavy atom. The summed E-state index contributed by atoms with van der Waals surface area (Å²) in [6.45, 7) is 3.64. The molecule has 1 unspecified atom stereocenters. The topological polar surface area (TPSA) is 99.9 Å². The van der Waals surface area contributed by atoms with Gasteiger partial charge in [0.2, 0.25) is 0 Å². The van der Waals surface area contributed by atoms with E-state index in [1.807, 2.05) is 18.2 Å². The van der Waals surface area contributed by atoms with E-state index in [1.165, 1.54) is 37.0 Å². The summed E-state index contributed by atoms with van der Waals surface area (Å²) in [5, 5.41) is 26.8. The van der Waals surface area contributed by atoms with Gasteiger partial charge in [-0.1, -0.05) is 30.7 Å². The molecule has 11 heteroatoms. The fraction of sp³-hybridized carbons (Fsp3) is 0.462. The molecule has 2 aromatic rings. The molecule has 0 amide bonds. The Morgan fingerprint density at radius 3 is 2.62 bits per heavy atom. The highest BCUT2D eigenvalue weighted by molar-refractivity contribution is 5.29. The van der Waals surface area contributed by atoms with Gasteiger partial charge >= 0.3 is 6.18 Å². The molecular weight excluding hydrogens is 489 g/mol. The van der Waals surface area contributed by atoms with Crippen molar-refractivity contribution >= 4 is 0 Å². The van der Waals surface area contributed by atoms with Crippen molar-refractivity contribution in [3.8, 4) is 5.75 Å². The molecule has 1 aliphatic heterocycles. The summed E-state index contributed by atoms with van der Waals surface area (Å²) in [6.07, 6.45) is -0.812. The molecule has 0 bridgehead atoms. The van der Waals surface area contributed by atoms with Crippen LogP contribution in [0.1, 0.15) is 48.5 Å². The predicted octanol–water partition coefficient (Wildman–Crippen LogP) is 4.45. The molecule has 202 valence electrons. The Morgan fingerprint density at radius 2 is 1.89 bits per heavy atom. The maximum absolute atomic E-state index is 12.9. The highest BCUT2D eigenvalue weighted by Gasteiger charge is 2.30. The molecule has 0 radical (unpaired) electrons. The van der Waals surface area contributed by atoms with Gasteiger partial charge in [0.25, 0.3) is 6.20 Å². The number of nitro groups is 1. The first-order valence-corrected chi connectivity index (χ1v) is 12.3. The molecule has 1 fully saturated rings. The summed E-state index contributed by atoms with van der Waals surface area (Å²) in [5.74, 6) is 0.803. The van der Waals surface area contributed by atoms with Crippen molar-refractivity contribution in [3.05, 3.63) is 87.4 Å². The van der Waals surface area contributed by atoms with Gasteiger partial charge in [0.15, 0.2) is 5.82 Å². The van der Waals surface area contributed by atoms with E-state index in [0.29, 0.717) is 25.8 Å². The maximum Gasteiger partial charge on any atom is 0.416 e. The summed E-state index contributed by atoms with van der Waals surface area (Å²) >= 11 is 0. The van der Waals surface area contributed by atoms with Crippen LogP contribution in [0.4, 0.5) is 13.2 Å². The van der Waals surface area contributed by atoms with E-state index in [4.69, 9.17) is 4.74 Å². The van der Waals surface area contributed by atoms with Crippen molar-refractivity contribution in [2.45, 2.75) is 44.5 Å².